The lowest BCUT2D eigenvalue weighted by Gasteiger charge is -2.04. The first-order valence-corrected chi connectivity index (χ1v) is 6.34. The summed E-state index contributed by atoms with van der Waals surface area (Å²) >= 11 is 0. The lowest BCUT2D eigenvalue weighted by molar-refractivity contribution is 0.467. The third-order valence-electron chi connectivity index (χ3n) is 3.19. The van der Waals surface area contributed by atoms with Crippen LogP contribution in [0, 0.1) is 27.7 Å². The number of hydrogen-bond acceptors (Lipinski definition) is 4. The van der Waals surface area contributed by atoms with Crippen LogP contribution in [0.4, 0.5) is 11.4 Å². The summed E-state index contributed by atoms with van der Waals surface area (Å²) in [5.74, 6) is 0.647. The fourth-order valence-electron chi connectivity index (χ4n) is 1.84. The third kappa shape index (κ3) is 3.57. The van der Waals surface area contributed by atoms with Crippen molar-refractivity contribution in [1.29, 1.82) is 0 Å². The van der Waals surface area contributed by atoms with E-state index in [9.17, 15) is 10.2 Å². The van der Waals surface area contributed by atoms with Crippen LogP contribution in [-0.4, -0.2) is 10.2 Å². The van der Waals surface area contributed by atoms with Crippen LogP contribution < -0.4 is 11.5 Å². The predicted molar refractivity (Wildman–Crippen MR) is 84.0 cm³/mol. The van der Waals surface area contributed by atoms with E-state index >= 15 is 0 Å². The zero-order chi connectivity index (χ0) is 15.4. The number of aryl methyl sites for hydroxylation is 3. The first-order chi connectivity index (χ1) is 9.23. The molecule has 0 saturated carbocycles. The zero-order valence-electron chi connectivity index (χ0n) is 12.4. The van der Waals surface area contributed by atoms with Gasteiger partial charge < -0.3 is 21.7 Å². The Morgan fingerprint density at radius 3 is 1.70 bits per heavy atom. The van der Waals surface area contributed by atoms with Gasteiger partial charge in [0.05, 0.1) is 0 Å². The highest BCUT2D eigenvalue weighted by atomic mass is 16.3. The molecule has 0 aliphatic carbocycles. The third-order valence-corrected chi connectivity index (χ3v) is 3.19. The Balaban J connectivity index is 0.000000200. The predicted octanol–water partition coefficient (Wildman–Crippen LogP) is 3.18. The fourth-order valence-corrected chi connectivity index (χ4v) is 1.84. The number of hydrogen-bond donors (Lipinski definition) is 4. The summed E-state index contributed by atoms with van der Waals surface area (Å²) in [7, 11) is 0. The van der Waals surface area contributed by atoms with E-state index in [4.69, 9.17) is 11.5 Å². The van der Waals surface area contributed by atoms with Gasteiger partial charge in [0.1, 0.15) is 11.5 Å². The Bertz CT molecular complexity index is 572. The maximum atomic E-state index is 9.31. The lowest BCUT2D eigenvalue weighted by Crippen LogP contribution is -1.90. The Labute approximate surface area is 119 Å². The molecule has 0 amide bonds. The van der Waals surface area contributed by atoms with Gasteiger partial charge in [-0.15, -0.1) is 0 Å². The number of aromatic hydroxyl groups is 2. The molecule has 0 saturated heterocycles. The van der Waals surface area contributed by atoms with E-state index in [-0.39, 0.29) is 0 Å². The normalized spacial score (nSPS) is 9.80. The summed E-state index contributed by atoms with van der Waals surface area (Å²) < 4.78 is 0. The molecule has 0 heterocycles. The van der Waals surface area contributed by atoms with Crippen LogP contribution in [0.25, 0.3) is 0 Å². The molecule has 2 aromatic carbocycles. The number of rotatable bonds is 0. The molecular formula is C16H22N2O2. The number of anilines is 2. The standard InChI is InChI=1S/2C8H11NO/c1-5-3-7(9)4-6(2)8(5)10;1-5-3-4-7(9)6(2)8(5)10/h2*3-4,10H,9H2,1-2H3. The van der Waals surface area contributed by atoms with Crippen LogP contribution in [0.1, 0.15) is 22.3 Å². The number of nitrogens with two attached hydrogens (primary N) is 2. The number of benzene rings is 2. The molecule has 20 heavy (non-hydrogen) atoms. The minimum atomic E-state index is 0.306. The van der Waals surface area contributed by atoms with E-state index in [1.54, 1.807) is 31.2 Å². The van der Waals surface area contributed by atoms with Crippen molar-refractivity contribution in [2.75, 3.05) is 11.5 Å². The van der Waals surface area contributed by atoms with E-state index in [1.807, 2.05) is 20.8 Å². The highest BCUT2D eigenvalue weighted by molar-refractivity contribution is 5.55. The molecule has 0 fully saturated rings. The van der Waals surface area contributed by atoms with Gasteiger partial charge in [-0.1, -0.05) is 6.07 Å². The highest BCUT2D eigenvalue weighted by Crippen LogP contribution is 2.25. The number of phenolic OH excluding ortho intramolecular Hbond substituents is 2. The lowest BCUT2D eigenvalue weighted by atomic mass is 10.1. The Kier molecular flexibility index (Phi) is 4.86. The van der Waals surface area contributed by atoms with Gasteiger partial charge in [-0.2, -0.15) is 0 Å². The van der Waals surface area contributed by atoms with Crippen molar-refractivity contribution in [3.8, 4) is 11.5 Å². The molecule has 0 bridgehead atoms. The van der Waals surface area contributed by atoms with Gasteiger partial charge in [-0.25, -0.2) is 0 Å². The minimum Gasteiger partial charge on any atom is -0.507 e. The molecule has 0 aromatic heterocycles. The molecule has 0 aliphatic heterocycles. The van der Waals surface area contributed by atoms with Crippen LogP contribution in [0.5, 0.6) is 11.5 Å². The van der Waals surface area contributed by atoms with E-state index in [1.165, 1.54) is 0 Å². The van der Waals surface area contributed by atoms with Gasteiger partial charge in [-0.05, 0) is 62.6 Å². The molecule has 0 unspecified atom stereocenters. The summed E-state index contributed by atoms with van der Waals surface area (Å²) in [6.07, 6.45) is 0. The Morgan fingerprint density at radius 2 is 1.25 bits per heavy atom. The fraction of sp³-hybridized carbons (Fsp3) is 0.250. The molecule has 4 nitrogen and oxygen atoms in total. The molecule has 0 atom stereocenters. The largest absolute Gasteiger partial charge is 0.507 e. The SMILES string of the molecule is Cc1cc(N)cc(C)c1O.Cc1ccc(N)c(C)c1O. The van der Waals surface area contributed by atoms with Crippen molar-refractivity contribution in [2.24, 2.45) is 0 Å². The minimum absolute atomic E-state index is 0.306. The summed E-state index contributed by atoms with van der Waals surface area (Å²) in [5, 5.41) is 18.6. The van der Waals surface area contributed by atoms with E-state index in [0.29, 0.717) is 22.9 Å². The topological polar surface area (TPSA) is 92.5 Å². The van der Waals surface area contributed by atoms with Crippen LogP contribution in [-0.2, 0) is 0 Å². The van der Waals surface area contributed by atoms with Crippen molar-refractivity contribution in [3.63, 3.8) is 0 Å². The van der Waals surface area contributed by atoms with Crippen molar-refractivity contribution in [3.05, 3.63) is 46.5 Å². The first-order valence-electron chi connectivity index (χ1n) is 6.34. The summed E-state index contributed by atoms with van der Waals surface area (Å²) in [6, 6.07) is 7.10. The summed E-state index contributed by atoms with van der Waals surface area (Å²) in [4.78, 5) is 0. The molecule has 0 spiro atoms. The number of nitrogen functional groups attached to an aromatic ring is 2. The molecule has 4 heteroatoms. The highest BCUT2D eigenvalue weighted by Gasteiger charge is 2.01. The molecule has 6 N–H and O–H groups in total. The quantitative estimate of drug-likeness (QED) is 0.438. The van der Waals surface area contributed by atoms with E-state index < -0.39 is 0 Å². The second-order valence-corrected chi connectivity index (χ2v) is 4.95. The van der Waals surface area contributed by atoms with Gasteiger partial charge in [0.2, 0.25) is 0 Å². The van der Waals surface area contributed by atoms with Crippen molar-refractivity contribution in [1.82, 2.24) is 0 Å². The zero-order valence-corrected chi connectivity index (χ0v) is 12.4. The molecular weight excluding hydrogens is 252 g/mol. The first kappa shape index (κ1) is 15.7. The second-order valence-electron chi connectivity index (χ2n) is 4.95. The van der Waals surface area contributed by atoms with Gasteiger partial charge >= 0.3 is 0 Å². The van der Waals surface area contributed by atoms with Gasteiger partial charge in [0.15, 0.2) is 0 Å². The Morgan fingerprint density at radius 1 is 0.750 bits per heavy atom. The molecule has 2 rings (SSSR count). The maximum absolute atomic E-state index is 9.31. The molecule has 0 aliphatic rings. The van der Waals surface area contributed by atoms with Crippen LogP contribution in [0.3, 0.4) is 0 Å². The average molecular weight is 274 g/mol. The van der Waals surface area contributed by atoms with Crippen molar-refractivity contribution < 1.29 is 10.2 Å². The monoisotopic (exact) mass is 274 g/mol. The maximum Gasteiger partial charge on any atom is 0.123 e. The summed E-state index contributed by atoms with van der Waals surface area (Å²) in [6.45, 7) is 7.32. The average Bonchev–Trinajstić information content (AvgIpc) is 2.39. The smallest absolute Gasteiger partial charge is 0.123 e. The van der Waals surface area contributed by atoms with E-state index in [0.717, 1.165) is 22.3 Å². The summed E-state index contributed by atoms with van der Waals surface area (Å²) in [5.41, 5.74) is 15.7. The Hall–Kier alpha value is -2.36. The molecule has 0 radical (unpaired) electrons. The second kappa shape index (κ2) is 6.19. The van der Waals surface area contributed by atoms with Gasteiger partial charge in [0.25, 0.3) is 0 Å². The van der Waals surface area contributed by atoms with E-state index in [2.05, 4.69) is 0 Å². The number of phenols is 2. The van der Waals surface area contributed by atoms with Crippen molar-refractivity contribution in [2.45, 2.75) is 27.7 Å². The van der Waals surface area contributed by atoms with Crippen molar-refractivity contribution >= 4 is 11.4 Å². The molecule has 2 aromatic rings. The molecule has 108 valence electrons. The van der Waals surface area contributed by atoms with Crippen LogP contribution >= 0.6 is 0 Å². The van der Waals surface area contributed by atoms with Gasteiger partial charge in [0, 0.05) is 16.9 Å². The van der Waals surface area contributed by atoms with Crippen LogP contribution in [0.2, 0.25) is 0 Å². The van der Waals surface area contributed by atoms with Crippen LogP contribution in [0.15, 0.2) is 24.3 Å². The van der Waals surface area contributed by atoms with Gasteiger partial charge in [-0.3, -0.25) is 0 Å².